The first-order valence-electron chi connectivity index (χ1n) is 7.43. The second-order valence-electron chi connectivity index (χ2n) is 5.25. The monoisotopic (exact) mass is 308 g/mol. The van der Waals surface area contributed by atoms with Gasteiger partial charge in [0.1, 0.15) is 0 Å². The highest BCUT2D eigenvalue weighted by atomic mass is 16.2. The molecule has 0 saturated carbocycles. The van der Waals surface area contributed by atoms with Crippen molar-refractivity contribution >= 4 is 11.8 Å². The minimum absolute atomic E-state index is 0.162. The highest BCUT2D eigenvalue weighted by Crippen LogP contribution is 2.07. The van der Waals surface area contributed by atoms with Crippen LogP contribution in [-0.2, 0) is 6.54 Å². The normalized spacial score (nSPS) is 9.96. The van der Waals surface area contributed by atoms with Crippen molar-refractivity contribution in [3.63, 3.8) is 0 Å². The highest BCUT2D eigenvalue weighted by Gasteiger charge is 2.08. The molecule has 2 amide bonds. The molecule has 0 atom stereocenters. The molecule has 0 saturated heterocycles. The van der Waals surface area contributed by atoms with Gasteiger partial charge in [-0.05, 0) is 36.8 Å². The third kappa shape index (κ3) is 4.81. The highest BCUT2D eigenvalue weighted by molar-refractivity contribution is 5.97. The van der Waals surface area contributed by atoms with Gasteiger partial charge in [-0.1, -0.05) is 35.9 Å². The van der Waals surface area contributed by atoms with Crippen LogP contribution in [-0.4, -0.2) is 18.4 Å². The van der Waals surface area contributed by atoms with Crippen molar-refractivity contribution < 1.29 is 9.59 Å². The molecule has 23 heavy (non-hydrogen) atoms. The van der Waals surface area contributed by atoms with Gasteiger partial charge in [-0.3, -0.25) is 9.59 Å². The van der Waals surface area contributed by atoms with E-state index >= 15 is 0 Å². The molecule has 2 aromatic rings. The van der Waals surface area contributed by atoms with Gasteiger partial charge in [0, 0.05) is 24.2 Å². The molecule has 0 aliphatic heterocycles. The van der Waals surface area contributed by atoms with Gasteiger partial charge in [0.05, 0.1) is 0 Å². The Hall–Kier alpha value is -2.88. The number of rotatable bonds is 6. The molecule has 0 fully saturated rings. The molecule has 2 aromatic carbocycles. The Bertz CT molecular complexity index is 706. The van der Waals surface area contributed by atoms with E-state index in [1.54, 1.807) is 30.3 Å². The fraction of sp³-hybridized carbons (Fsp3) is 0.158. The quantitative estimate of drug-likeness (QED) is 0.806. The van der Waals surface area contributed by atoms with Crippen LogP contribution in [0.15, 0.2) is 61.2 Å². The van der Waals surface area contributed by atoms with Crippen molar-refractivity contribution in [2.45, 2.75) is 13.5 Å². The summed E-state index contributed by atoms with van der Waals surface area (Å²) >= 11 is 0. The van der Waals surface area contributed by atoms with Crippen LogP contribution in [0.25, 0.3) is 0 Å². The van der Waals surface area contributed by atoms with E-state index in [2.05, 4.69) is 17.2 Å². The fourth-order valence-corrected chi connectivity index (χ4v) is 2.15. The molecule has 2 N–H and O–H groups in total. The molecule has 0 bridgehead atoms. The summed E-state index contributed by atoms with van der Waals surface area (Å²) in [7, 11) is 0. The number of aryl methyl sites for hydroxylation is 1. The van der Waals surface area contributed by atoms with E-state index in [0.717, 1.165) is 11.1 Å². The number of benzene rings is 2. The first kappa shape index (κ1) is 16.5. The molecule has 0 spiro atoms. The summed E-state index contributed by atoms with van der Waals surface area (Å²) in [6, 6.07) is 14.6. The van der Waals surface area contributed by atoms with Gasteiger partial charge in [0.25, 0.3) is 11.8 Å². The van der Waals surface area contributed by atoms with Gasteiger partial charge in [0.2, 0.25) is 0 Å². The Morgan fingerprint density at radius 1 is 1.00 bits per heavy atom. The van der Waals surface area contributed by atoms with Crippen LogP contribution in [0.4, 0.5) is 0 Å². The lowest BCUT2D eigenvalue weighted by Gasteiger charge is -2.07. The summed E-state index contributed by atoms with van der Waals surface area (Å²) < 4.78 is 0. The second kappa shape index (κ2) is 7.94. The zero-order valence-corrected chi connectivity index (χ0v) is 13.1. The van der Waals surface area contributed by atoms with Crippen molar-refractivity contribution in [2.75, 3.05) is 6.54 Å². The maximum absolute atomic E-state index is 12.1. The smallest absolute Gasteiger partial charge is 0.251 e. The predicted molar refractivity (Wildman–Crippen MR) is 91.3 cm³/mol. The first-order chi connectivity index (χ1) is 11.1. The van der Waals surface area contributed by atoms with Gasteiger partial charge < -0.3 is 10.6 Å². The maximum atomic E-state index is 12.1. The molecule has 0 aliphatic carbocycles. The van der Waals surface area contributed by atoms with Crippen LogP contribution < -0.4 is 10.6 Å². The lowest BCUT2D eigenvalue weighted by Crippen LogP contribution is -2.24. The number of hydrogen-bond acceptors (Lipinski definition) is 2. The average molecular weight is 308 g/mol. The molecule has 4 nitrogen and oxygen atoms in total. The molecule has 118 valence electrons. The molecule has 0 aromatic heterocycles. The molecule has 0 radical (unpaired) electrons. The van der Waals surface area contributed by atoms with Gasteiger partial charge in [0.15, 0.2) is 0 Å². The molecular formula is C19H20N2O2. The SMILES string of the molecule is C=CCNC(=O)c1ccc(C(=O)NCc2cccc(C)c2)cc1. The molecular weight excluding hydrogens is 288 g/mol. The van der Waals surface area contributed by atoms with E-state index in [0.29, 0.717) is 24.2 Å². The van der Waals surface area contributed by atoms with Crippen LogP contribution in [0.5, 0.6) is 0 Å². The number of hydrogen-bond donors (Lipinski definition) is 2. The average Bonchev–Trinajstić information content (AvgIpc) is 2.57. The predicted octanol–water partition coefficient (Wildman–Crippen LogP) is 2.84. The van der Waals surface area contributed by atoms with Gasteiger partial charge in [-0.15, -0.1) is 6.58 Å². The van der Waals surface area contributed by atoms with Crippen LogP contribution in [0.2, 0.25) is 0 Å². The van der Waals surface area contributed by atoms with E-state index in [1.807, 2.05) is 31.2 Å². The van der Waals surface area contributed by atoms with Crippen molar-refractivity contribution in [3.8, 4) is 0 Å². The van der Waals surface area contributed by atoms with Crippen molar-refractivity contribution in [3.05, 3.63) is 83.4 Å². The number of carbonyl (C=O) groups is 2. The number of nitrogens with one attached hydrogen (secondary N) is 2. The minimum Gasteiger partial charge on any atom is -0.349 e. The number of amides is 2. The molecule has 0 aliphatic rings. The van der Waals surface area contributed by atoms with E-state index in [4.69, 9.17) is 0 Å². The third-order valence-corrected chi connectivity index (χ3v) is 3.35. The summed E-state index contributed by atoms with van der Waals surface area (Å²) in [5.41, 5.74) is 3.26. The third-order valence-electron chi connectivity index (χ3n) is 3.35. The standard InChI is InChI=1S/C19H20N2O2/c1-3-11-20-18(22)16-7-9-17(10-8-16)19(23)21-13-15-6-4-5-14(2)12-15/h3-10,12H,1,11,13H2,2H3,(H,20,22)(H,21,23). The Morgan fingerprint density at radius 2 is 1.61 bits per heavy atom. The Balaban J connectivity index is 1.94. The van der Waals surface area contributed by atoms with Gasteiger partial charge in [-0.2, -0.15) is 0 Å². The van der Waals surface area contributed by atoms with Crippen LogP contribution in [0, 0.1) is 6.92 Å². The lowest BCUT2D eigenvalue weighted by molar-refractivity contribution is 0.0942. The van der Waals surface area contributed by atoms with Crippen molar-refractivity contribution in [2.24, 2.45) is 0 Å². The van der Waals surface area contributed by atoms with Crippen LogP contribution >= 0.6 is 0 Å². The van der Waals surface area contributed by atoms with Crippen molar-refractivity contribution in [1.29, 1.82) is 0 Å². The lowest BCUT2D eigenvalue weighted by atomic mass is 10.1. The van der Waals surface area contributed by atoms with E-state index in [-0.39, 0.29) is 11.8 Å². The van der Waals surface area contributed by atoms with E-state index in [9.17, 15) is 9.59 Å². The summed E-state index contributed by atoms with van der Waals surface area (Å²) in [5, 5.41) is 5.56. The zero-order chi connectivity index (χ0) is 16.7. The van der Waals surface area contributed by atoms with Gasteiger partial charge in [-0.25, -0.2) is 0 Å². The van der Waals surface area contributed by atoms with Gasteiger partial charge >= 0.3 is 0 Å². The summed E-state index contributed by atoms with van der Waals surface area (Å²) in [6.45, 7) is 6.45. The molecule has 0 unspecified atom stereocenters. The van der Waals surface area contributed by atoms with E-state index < -0.39 is 0 Å². The molecule has 2 rings (SSSR count). The molecule has 0 heterocycles. The van der Waals surface area contributed by atoms with Crippen molar-refractivity contribution in [1.82, 2.24) is 10.6 Å². The summed E-state index contributed by atoms with van der Waals surface area (Å²) in [6.07, 6.45) is 1.62. The van der Waals surface area contributed by atoms with Crippen LogP contribution in [0.1, 0.15) is 31.8 Å². The topological polar surface area (TPSA) is 58.2 Å². The fourth-order valence-electron chi connectivity index (χ4n) is 2.15. The Labute approximate surface area is 136 Å². The van der Waals surface area contributed by atoms with E-state index in [1.165, 1.54) is 0 Å². The second-order valence-corrected chi connectivity index (χ2v) is 5.25. The Kier molecular flexibility index (Phi) is 5.69. The summed E-state index contributed by atoms with van der Waals surface area (Å²) in [5.74, 6) is -0.346. The maximum Gasteiger partial charge on any atom is 0.251 e. The first-order valence-corrected chi connectivity index (χ1v) is 7.43. The zero-order valence-electron chi connectivity index (χ0n) is 13.1. The molecule has 4 heteroatoms. The Morgan fingerprint density at radius 3 is 2.17 bits per heavy atom. The summed E-state index contributed by atoms with van der Waals surface area (Å²) in [4.78, 5) is 23.9. The number of carbonyl (C=O) groups excluding carboxylic acids is 2. The largest absolute Gasteiger partial charge is 0.349 e. The minimum atomic E-state index is -0.184. The van der Waals surface area contributed by atoms with Crippen LogP contribution in [0.3, 0.4) is 0 Å².